The molecule has 0 fully saturated rings. The Hall–Kier alpha value is -8.97. The van der Waals surface area contributed by atoms with Crippen LogP contribution in [0.25, 0.3) is 22.2 Å². The first-order valence-electron chi connectivity index (χ1n) is 31.4. The molecule has 9 rings (SSSR count). The number of pyridine rings is 1. The number of nitro groups is 2. The molecule has 0 amide bonds. The van der Waals surface area contributed by atoms with E-state index >= 15 is 0 Å². The highest BCUT2D eigenvalue weighted by atomic mass is 35.5. The molecule has 16 heteroatoms. The van der Waals surface area contributed by atoms with Crippen molar-refractivity contribution in [1.82, 2.24) is 14.5 Å². The molecule has 0 saturated carbocycles. The van der Waals surface area contributed by atoms with Gasteiger partial charge in [-0.05, 0) is 166 Å². The van der Waals surface area contributed by atoms with Crippen LogP contribution in [0.1, 0.15) is 144 Å². The van der Waals surface area contributed by atoms with Crippen molar-refractivity contribution in [3.63, 3.8) is 0 Å². The van der Waals surface area contributed by atoms with Gasteiger partial charge in [-0.25, -0.2) is 8.78 Å². The van der Waals surface area contributed by atoms with E-state index in [2.05, 4.69) is 118 Å². The van der Waals surface area contributed by atoms with Crippen molar-refractivity contribution in [2.45, 2.75) is 134 Å². The van der Waals surface area contributed by atoms with Gasteiger partial charge in [-0.1, -0.05) is 184 Å². The number of halogens is 4. The lowest BCUT2D eigenvalue weighted by Gasteiger charge is -2.16. The van der Waals surface area contributed by atoms with Crippen LogP contribution >= 0.6 is 11.6 Å². The molecule has 0 radical (unpaired) electrons. The molecule has 0 aliphatic carbocycles. The molecule has 0 aliphatic heterocycles. The van der Waals surface area contributed by atoms with E-state index in [4.69, 9.17) is 21.6 Å². The van der Waals surface area contributed by atoms with Gasteiger partial charge < -0.3 is 14.2 Å². The minimum Gasteiger partial charge on any atom is -0.496 e. The number of benzene rings is 7. The average molecular weight is 1280 g/mol. The van der Waals surface area contributed by atoms with E-state index < -0.39 is 27.2 Å². The molecule has 0 unspecified atom stereocenters. The van der Waals surface area contributed by atoms with Gasteiger partial charge in [0.1, 0.15) is 23.5 Å². The second kappa shape index (κ2) is 44.5. The Labute approximate surface area is 549 Å². The van der Waals surface area contributed by atoms with Gasteiger partial charge in [0.15, 0.2) is 5.78 Å². The predicted molar refractivity (Wildman–Crippen MR) is 373 cm³/mol. The van der Waals surface area contributed by atoms with Crippen LogP contribution < -0.4 is 4.74 Å². The van der Waals surface area contributed by atoms with Crippen LogP contribution in [0.3, 0.4) is 0 Å². The van der Waals surface area contributed by atoms with Crippen molar-refractivity contribution >= 4 is 39.7 Å². The summed E-state index contributed by atoms with van der Waals surface area (Å²) in [6, 6.07) is 53.0. The summed E-state index contributed by atoms with van der Waals surface area (Å²) in [6.07, 6.45) is 10.6. The van der Waals surface area contributed by atoms with Crippen LogP contribution in [-0.4, -0.2) is 56.8 Å². The third kappa shape index (κ3) is 27.6. The summed E-state index contributed by atoms with van der Waals surface area (Å²) in [4.78, 5) is 37.2. The zero-order chi connectivity index (χ0) is 68.5. The number of para-hydroxylation sites is 1. The highest BCUT2D eigenvalue weighted by Gasteiger charge is 2.14. The highest BCUT2D eigenvalue weighted by molar-refractivity contribution is 6.30. The van der Waals surface area contributed by atoms with Crippen LogP contribution in [0.5, 0.6) is 5.75 Å². The number of nitriles is 1. The molecule has 92 heavy (non-hydrogen) atoms. The molecule has 12 nitrogen and oxygen atoms in total. The fraction of sp³-hybridized carbons (Fsp3) is 0.329. The normalized spacial score (nSPS) is 9.97. The van der Waals surface area contributed by atoms with Crippen LogP contribution in [0.15, 0.2) is 176 Å². The monoisotopic (exact) mass is 1280 g/mol. The van der Waals surface area contributed by atoms with Gasteiger partial charge in [0.2, 0.25) is 5.82 Å². The number of carbonyl (C=O) groups excluding carboxylic acids is 1. The molecule has 490 valence electrons. The van der Waals surface area contributed by atoms with E-state index in [1.165, 1.54) is 84.0 Å². The van der Waals surface area contributed by atoms with Crippen LogP contribution in [-0.2, 0) is 52.0 Å². The fourth-order valence-electron chi connectivity index (χ4n) is 8.80. The zero-order valence-electron chi connectivity index (χ0n) is 55.9. The number of Topliss-reactive ketones (excluding diaryl/α,β-unsaturated/α-hetero) is 1. The van der Waals surface area contributed by atoms with Crippen LogP contribution in [0, 0.1) is 49.0 Å². The lowest BCUT2D eigenvalue weighted by molar-refractivity contribution is -0.387. The molecule has 2 aromatic heterocycles. The topological polar surface area (TPSA) is 157 Å². The van der Waals surface area contributed by atoms with Crippen molar-refractivity contribution in [3.8, 4) is 23.1 Å². The number of methoxy groups -OCH3 is 1. The van der Waals surface area contributed by atoms with Gasteiger partial charge in [-0.15, -0.1) is 0 Å². The first-order valence-corrected chi connectivity index (χ1v) is 31.8. The first-order chi connectivity index (χ1) is 44.2. The minimum atomic E-state index is -0.780. The second-order valence-corrected chi connectivity index (χ2v) is 21.1. The summed E-state index contributed by atoms with van der Waals surface area (Å²) in [7, 11) is 3.68. The Morgan fingerprint density at radius 1 is 0.620 bits per heavy atom. The molecular formula is C76H92ClF3N6O6. The van der Waals surface area contributed by atoms with Gasteiger partial charge in [0.05, 0.1) is 33.2 Å². The Morgan fingerprint density at radius 2 is 1.18 bits per heavy atom. The lowest BCUT2D eigenvalue weighted by atomic mass is 10.1. The van der Waals surface area contributed by atoms with Crippen molar-refractivity contribution in [3.05, 3.63) is 269 Å². The standard InChI is InChI=1S/C13H13N.C11H13N.C10H12O.C9H8FN.C9H11NO3.C8H8ClF.C8H8FNO2.C8H19N/c1-2-11-6-8-12(9-7-11)13-5-3-4-10-14-13;1-3-10-8-9-6-4-5-7-11(9)12(10)2;1-3-9-4-6-10(7-5-9)8(2)11;1-2-7-3-4-9(10)8(5-7)6-11;1-3-7-6-8(10(11)12)4-5-9(7)13-2;1-2-6-4-3-5-7(9)8(6)10;1-2-6-3-4-7(9)8(5-6)10(11)12;1-4-7-8-9(5-2)6-3/h3-10H,2H2,1H3;4-8H,3H2,1-2H3;4-7H,3H2,1-2H3;3-5H,2H2,1H3;4-6H,3H2,1-2H3;3-5H,2H2,1H3;3-5H,2H2,1H3;4-8H2,1-3H3. The number of aromatic nitrogens is 2. The number of carbonyl (C=O) groups is 1. The van der Waals surface area contributed by atoms with Gasteiger partial charge >= 0.3 is 5.69 Å². The van der Waals surface area contributed by atoms with Crippen molar-refractivity contribution in [1.29, 1.82) is 5.26 Å². The van der Waals surface area contributed by atoms with Gasteiger partial charge in [0.25, 0.3) is 5.69 Å². The third-order valence-corrected chi connectivity index (χ3v) is 15.0. The van der Waals surface area contributed by atoms with Gasteiger partial charge in [-0.2, -0.15) is 9.65 Å². The number of aryl methyl sites for hydroxylation is 8. The SMILES string of the molecule is CCCCN(CC)CC.CCc1cc([N+](=O)[O-])ccc1OC.CCc1cc2ccccc2n1C.CCc1ccc(-c2ccccn2)cc1.CCc1ccc(C(C)=O)cc1.CCc1ccc(F)c(C#N)c1.CCc1ccc(F)c([N+](=O)[O-])c1.CCc1cccc(Cl)c1F. The maximum atomic E-state index is 12.9. The minimum absolute atomic E-state index is 0.109. The van der Waals surface area contributed by atoms with E-state index in [0.29, 0.717) is 24.2 Å². The Balaban J connectivity index is 0.000000359. The number of ether oxygens (including phenoxy) is 1. The van der Waals surface area contributed by atoms with E-state index in [0.717, 1.165) is 66.1 Å². The summed E-state index contributed by atoms with van der Waals surface area (Å²) in [5.41, 5.74) is 11.5. The summed E-state index contributed by atoms with van der Waals surface area (Å²) >= 11 is 5.52. The Bertz CT molecular complexity index is 3660. The van der Waals surface area contributed by atoms with Crippen LogP contribution in [0.4, 0.5) is 24.5 Å². The van der Waals surface area contributed by atoms with Crippen molar-refractivity contribution in [2.75, 3.05) is 26.7 Å². The molecule has 0 aliphatic rings. The second-order valence-electron chi connectivity index (χ2n) is 20.7. The number of hydrogen-bond donors (Lipinski definition) is 0. The smallest absolute Gasteiger partial charge is 0.305 e. The number of rotatable bonds is 17. The van der Waals surface area contributed by atoms with Crippen molar-refractivity contribution in [2.24, 2.45) is 7.05 Å². The summed E-state index contributed by atoms with van der Waals surface area (Å²) < 4.78 is 45.6. The third-order valence-electron chi connectivity index (χ3n) is 14.7. The number of unbranched alkanes of at least 4 members (excludes halogenated alkanes) is 1. The molecule has 0 atom stereocenters. The summed E-state index contributed by atoms with van der Waals surface area (Å²) in [6.45, 7) is 26.1. The van der Waals surface area contributed by atoms with E-state index in [-0.39, 0.29) is 27.9 Å². The lowest BCUT2D eigenvalue weighted by Crippen LogP contribution is -2.23. The number of fused-ring (bicyclic) bond motifs is 1. The quantitative estimate of drug-likeness (QED) is 0.0491. The fourth-order valence-corrected chi connectivity index (χ4v) is 8.99. The first kappa shape index (κ1) is 79.1. The maximum Gasteiger partial charge on any atom is 0.305 e. The Morgan fingerprint density at radius 3 is 1.66 bits per heavy atom. The summed E-state index contributed by atoms with van der Waals surface area (Å²) in [5, 5.41) is 30.7. The molecule has 7 aromatic carbocycles. The van der Waals surface area contributed by atoms with Crippen LogP contribution in [0.2, 0.25) is 5.02 Å². The molecular weight excluding hydrogens is 1190 g/mol. The largest absolute Gasteiger partial charge is 0.496 e. The molecule has 0 bridgehead atoms. The van der Waals surface area contributed by atoms with E-state index in [1.807, 2.05) is 76.4 Å². The number of nitro benzene ring substituents is 2. The number of hydrogen-bond acceptors (Lipinski definition) is 9. The number of nitrogens with zero attached hydrogens (tertiary/aromatic N) is 6. The zero-order valence-corrected chi connectivity index (χ0v) is 56.6. The highest BCUT2D eigenvalue weighted by Crippen LogP contribution is 2.25. The molecule has 0 saturated heterocycles. The van der Waals surface area contributed by atoms with Gasteiger partial charge in [0, 0.05) is 59.3 Å². The van der Waals surface area contributed by atoms with E-state index in [9.17, 15) is 38.2 Å². The Kier molecular flexibility index (Phi) is 38.3. The predicted octanol–water partition coefficient (Wildman–Crippen LogP) is 20.4. The molecule has 2 heterocycles. The number of ketones is 1. The maximum absolute atomic E-state index is 12.9. The average Bonchev–Trinajstić information content (AvgIpc) is 1.88. The summed E-state index contributed by atoms with van der Waals surface area (Å²) in [5.74, 6) is -0.672. The van der Waals surface area contributed by atoms with Crippen molar-refractivity contribution < 1.29 is 32.5 Å². The van der Waals surface area contributed by atoms with E-state index in [1.54, 1.807) is 68.6 Å². The molecule has 0 N–H and O–H groups in total. The molecule has 0 spiro atoms. The van der Waals surface area contributed by atoms with Gasteiger partial charge in [-0.3, -0.25) is 30.0 Å². The molecule has 9 aromatic rings. The number of non-ortho nitro benzene ring substituents is 1.